The number of carboxylic acid groups (broad SMARTS) is 1. The van der Waals surface area contributed by atoms with E-state index in [9.17, 15) is 13.2 Å². The summed E-state index contributed by atoms with van der Waals surface area (Å²) in [7, 11) is -3.75. The van der Waals surface area contributed by atoms with Crippen LogP contribution in [0.3, 0.4) is 0 Å². The zero-order chi connectivity index (χ0) is 10.5. The van der Waals surface area contributed by atoms with E-state index in [1.165, 1.54) is 0 Å². The molecule has 13 heavy (non-hydrogen) atoms. The molecular weight excluding hydrogens is 194 g/mol. The molecule has 0 aromatic heterocycles. The van der Waals surface area contributed by atoms with Gasteiger partial charge in [-0.3, -0.25) is 4.79 Å². The van der Waals surface area contributed by atoms with Gasteiger partial charge in [0.05, 0.1) is 0 Å². The zero-order valence-corrected chi connectivity index (χ0v) is 7.97. The summed E-state index contributed by atoms with van der Waals surface area (Å²) < 4.78 is 24.1. The van der Waals surface area contributed by atoms with Crippen molar-refractivity contribution in [3.05, 3.63) is 0 Å². The van der Waals surface area contributed by atoms with Crippen LogP contribution in [0.25, 0.3) is 0 Å². The molecule has 0 aliphatic heterocycles. The number of hydrogen-bond acceptors (Lipinski definition) is 3. The predicted molar refractivity (Wildman–Crippen MR) is 47.5 cm³/mol. The minimum Gasteiger partial charge on any atom is -0.480 e. The van der Waals surface area contributed by atoms with Crippen molar-refractivity contribution in [2.24, 2.45) is 0 Å². The number of carboxylic acids is 1. The second-order valence-electron chi connectivity index (χ2n) is 2.58. The molecule has 6 heteroatoms. The number of aliphatic carboxylic acids is 1. The molecule has 0 spiro atoms. The topological polar surface area (TPSA) is 83.5 Å². The van der Waals surface area contributed by atoms with Crippen LogP contribution in [0.2, 0.25) is 0 Å². The molecule has 0 aromatic rings. The molecule has 1 atom stereocenters. The molecule has 0 rings (SSSR count). The Morgan fingerprint density at radius 3 is 2.62 bits per heavy atom. The van der Waals surface area contributed by atoms with Gasteiger partial charge in [0.1, 0.15) is 0 Å². The molecular formula is C7H11NO4S. The summed E-state index contributed by atoms with van der Waals surface area (Å²) in [4.78, 5) is 10.1. The summed E-state index contributed by atoms with van der Waals surface area (Å²) in [5, 5.41) is 8.23. The highest BCUT2D eigenvalue weighted by Gasteiger charge is 2.17. The Morgan fingerprint density at radius 1 is 1.69 bits per heavy atom. The van der Waals surface area contributed by atoms with E-state index < -0.39 is 27.8 Å². The summed E-state index contributed by atoms with van der Waals surface area (Å²) >= 11 is 0. The van der Waals surface area contributed by atoms with Crippen molar-refractivity contribution in [1.82, 2.24) is 4.72 Å². The Morgan fingerprint density at radius 2 is 2.23 bits per heavy atom. The molecule has 0 radical (unpaired) electrons. The summed E-state index contributed by atoms with van der Waals surface area (Å²) in [6, 6.07) is -0.436. The molecule has 0 fully saturated rings. The molecule has 5 nitrogen and oxygen atoms in total. The van der Waals surface area contributed by atoms with Gasteiger partial charge in [0.15, 0.2) is 5.75 Å². The van der Waals surface area contributed by atoms with Gasteiger partial charge in [-0.15, -0.1) is 12.3 Å². The third-order valence-corrected chi connectivity index (χ3v) is 2.51. The molecule has 0 aromatic carbocycles. The smallest absolute Gasteiger partial charge is 0.320 e. The SMILES string of the molecule is C#CCC(C)NS(=O)(=O)CC(=O)O. The highest BCUT2D eigenvalue weighted by molar-refractivity contribution is 7.90. The lowest BCUT2D eigenvalue weighted by Gasteiger charge is -2.09. The van der Waals surface area contributed by atoms with Gasteiger partial charge in [-0.05, 0) is 6.92 Å². The first-order valence-corrected chi connectivity index (χ1v) is 5.18. The third kappa shape index (κ3) is 6.13. The largest absolute Gasteiger partial charge is 0.480 e. The second-order valence-corrected chi connectivity index (χ2v) is 4.33. The molecule has 0 aliphatic rings. The number of hydrogen-bond donors (Lipinski definition) is 2. The normalized spacial score (nSPS) is 13.2. The van der Waals surface area contributed by atoms with E-state index in [2.05, 4.69) is 10.6 Å². The number of sulfonamides is 1. The van der Waals surface area contributed by atoms with Crippen LogP contribution in [0, 0.1) is 12.3 Å². The highest BCUT2D eigenvalue weighted by Crippen LogP contribution is 1.93. The van der Waals surface area contributed by atoms with Crippen molar-refractivity contribution >= 4 is 16.0 Å². The maximum absolute atomic E-state index is 11.0. The first-order valence-electron chi connectivity index (χ1n) is 3.52. The Kier molecular flexibility index (Phi) is 4.45. The van der Waals surface area contributed by atoms with E-state index in [1.807, 2.05) is 0 Å². The minimum absolute atomic E-state index is 0.235. The van der Waals surface area contributed by atoms with Crippen LogP contribution in [-0.2, 0) is 14.8 Å². The van der Waals surface area contributed by atoms with E-state index in [4.69, 9.17) is 11.5 Å². The summed E-state index contributed by atoms with van der Waals surface area (Å²) in [5.41, 5.74) is 0. The van der Waals surface area contributed by atoms with Gasteiger partial charge in [0.25, 0.3) is 0 Å². The fraction of sp³-hybridized carbons (Fsp3) is 0.571. The second kappa shape index (κ2) is 4.84. The number of terminal acetylenes is 1. The van der Waals surface area contributed by atoms with Crippen molar-refractivity contribution in [3.63, 3.8) is 0 Å². The molecule has 0 amide bonds. The monoisotopic (exact) mass is 205 g/mol. The van der Waals surface area contributed by atoms with Crippen LogP contribution < -0.4 is 4.72 Å². The maximum Gasteiger partial charge on any atom is 0.320 e. The van der Waals surface area contributed by atoms with Crippen LogP contribution in [0.5, 0.6) is 0 Å². The molecule has 0 heterocycles. The van der Waals surface area contributed by atoms with Gasteiger partial charge in [-0.2, -0.15) is 0 Å². The Balaban J connectivity index is 4.19. The first-order chi connectivity index (χ1) is 5.87. The Hall–Kier alpha value is -1.06. The zero-order valence-electron chi connectivity index (χ0n) is 7.15. The van der Waals surface area contributed by atoms with E-state index >= 15 is 0 Å². The van der Waals surface area contributed by atoms with Crippen molar-refractivity contribution in [2.45, 2.75) is 19.4 Å². The lowest BCUT2D eigenvalue weighted by molar-refractivity contribution is -0.134. The van der Waals surface area contributed by atoms with E-state index in [0.717, 1.165) is 0 Å². The van der Waals surface area contributed by atoms with Crippen LogP contribution >= 0.6 is 0 Å². The number of nitrogens with one attached hydrogen (secondary N) is 1. The van der Waals surface area contributed by atoms with Crippen molar-refractivity contribution in [1.29, 1.82) is 0 Å². The summed E-state index contributed by atoms with van der Waals surface area (Å²) in [5.74, 6) is -0.0482. The minimum atomic E-state index is -3.75. The lowest BCUT2D eigenvalue weighted by atomic mass is 10.3. The van der Waals surface area contributed by atoms with Gasteiger partial charge in [-0.1, -0.05) is 0 Å². The molecule has 0 saturated carbocycles. The van der Waals surface area contributed by atoms with Crippen molar-refractivity contribution < 1.29 is 18.3 Å². The van der Waals surface area contributed by atoms with Crippen LogP contribution in [0.4, 0.5) is 0 Å². The molecule has 0 bridgehead atoms. The van der Waals surface area contributed by atoms with Gasteiger partial charge >= 0.3 is 5.97 Å². The molecule has 1 unspecified atom stereocenters. The van der Waals surface area contributed by atoms with Gasteiger partial charge in [-0.25, -0.2) is 13.1 Å². The van der Waals surface area contributed by atoms with Gasteiger partial charge < -0.3 is 5.11 Å². The van der Waals surface area contributed by atoms with Crippen LogP contribution in [0.1, 0.15) is 13.3 Å². The molecule has 0 saturated heterocycles. The standard InChI is InChI=1S/C7H11NO4S/c1-3-4-6(2)8-13(11,12)5-7(9)10/h1,6,8H,4-5H2,2H3,(H,9,10). The van der Waals surface area contributed by atoms with E-state index in [-0.39, 0.29) is 6.42 Å². The fourth-order valence-electron chi connectivity index (χ4n) is 0.729. The average molecular weight is 205 g/mol. The lowest BCUT2D eigenvalue weighted by Crippen LogP contribution is -2.36. The van der Waals surface area contributed by atoms with Gasteiger partial charge in [0.2, 0.25) is 10.0 Å². The Labute approximate surface area is 77.2 Å². The quantitative estimate of drug-likeness (QED) is 0.587. The van der Waals surface area contributed by atoms with E-state index in [0.29, 0.717) is 0 Å². The van der Waals surface area contributed by atoms with Crippen molar-refractivity contribution in [2.75, 3.05) is 5.75 Å². The van der Waals surface area contributed by atoms with Crippen LogP contribution in [-0.4, -0.2) is 31.3 Å². The van der Waals surface area contributed by atoms with Crippen molar-refractivity contribution in [3.8, 4) is 12.3 Å². The predicted octanol–water partition coefficient (Wildman–Crippen LogP) is -0.598. The summed E-state index contributed by atoms with van der Waals surface area (Å²) in [6.45, 7) is 1.57. The molecule has 0 aliphatic carbocycles. The van der Waals surface area contributed by atoms with Gasteiger partial charge in [0, 0.05) is 12.5 Å². The first kappa shape index (κ1) is 11.9. The fourth-order valence-corrected chi connectivity index (χ4v) is 1.83. The number of rotatable bonds is 5. The maximum atomic E-state index is 11.0. The molecule has 2 N–H and O–H groups in total. The molecule has 74 valence electrons. The number of carbonyl (C=O) groups is 1. The average Bonchev–Trinajstić information content (AvgIpc) is 1.81. The van der Waals surface area contributed by atoms with Crippen LogP contribution in [0.15, 0.2) is 0 Å². The third-order valence-electron chi connectivity index (χ3n) is 1.12. The summed E-state index contributed by atoms with van der Waals surface area (Å²) in [6.07, 6.45) is 5.18. The Bertz CT molecular complexity index is 314. The van der Waals surface area contributed by atoms with E-state index in [1.54, 1.807) is 6.92 Å². The highest BCUT2D eigenvalue weighted by atomic mass is 32.2.